The molecule has 1 amide bonds. The van der Waals surface area contributed by atoms with Crippen LogP contribution in [0.15, 0.2) is 6.20 Å². The zero-order chi connectivity index (χ0) is 17.3. The maximum atomic E-state index is 13.0. The largest absolute Gasteiger partial charge is 0.395 e. The highest BCUT2D eigenvalue weighted by molar-refractivity contribution is 5.95. The molecule has 24 heavy (non-hydrogen) atoms. The predicted octanol–water partition coefficient (Wildman–Crippen LogP) is 1.87. The van der Waals surface area contributed by atoms with Crippen LogP contribution in [0, 0.1) is 0 Å². The van der Waals surface area contributed by atoms with Crippen molar-refractivity contribution in [2.24, 2.45) is 0 Å². The highest BCUT2D eigenvalue weighted by Crippen LogP contribution is 2.42. The van der Waals surface area contributed by atoms with E-state index in [-0.39, 0.29) is 24.6 Å². The maximum Gasteiger partial charge on any atom is 0.257 e. The van der Waals surface area contributed by atoms with E-state index < -0.39 is 0 Å². The molecule has 1 aromatic heterocycles. The molecule has 6 heteroatoms. The molecule has 1 aromatic rings. The third-order valence-corrected chi connectivity index (χ3v) is 5.32. The average molecular weight is 334 g/mol. The lowest BCUT2D eigenvalue weighted by Crippen LogP contribution is -2.52. The molecule has 1 aliphatic carbocycles. The van der Waals surface area contributed by atoms with E-state index in [0.717, 1.165) is 43.9 Å². The summed E-state index contributed by atoms with van der Waals surface area (Å²) in [5, 5.41) is 13.9. The van der Waals surface area contributed by atoms with E-state index >= 15 is 0 Å². The Balaban J connectivity index is 1.70. The van der Waals surface area contributed by atoms with E-state index in [1.807, 2.05) is 9.58 Å². The van der Waals surface area contributed by atoms with Gasteiger partial charge in [-0.1, -0.05) is 6.92 Å². The average Bonchev–Trinajstić information content (AvgIpc) is 3.33. The molecule has 1 atom stereocenters. The molecule has 0 radical (unpaired) electrons. The van der Waals surface area contributed by atoms with Gasteiger partial charge in [0.2, 0.25) is 0 Å². The van der Waals surface area contributed by atoms with E-state index in [0.29, 0.717) is 5.92 Å². The first-order chi connectivity index (χ1) is 11.6. The number of hydrogen-bond donors (Lipinski definition) is 1. The molecule has 1 N–H and O–H groups in total. The minimum Gasteiger partial charge on any atom is -0.395 e. The topological polar surface area (TPSA) is 61.6 Å². The molecule has 1 aliphatic heterocycles. The molecule has 134 valence electrons. The van der Waals surface area contributed by atoms with Crippen LogP contribution in [0.2, 0.25) is 0 Å². The van der Waals surface area contributed by atoms with Gasteiger partial charge in [0.1, 0.15) is 0 Å². The molecule has 1 unspecified atom stereocenters. The number of aliphatic hydroxyl groups is 1. The van der Waals surface area contributed by atoms with E-state index in [9.17, 15) is 9.90 Å². The van der Waals surface area contributed by atoms with Crippen molar-refractivity contribution in [1.29, 1.82) is 0 Å². The Morgan fingerprint density at radius 2 is 1.96 bits per heavy atom. The van der Waals surface area contributed by atoms with Crippen LogP contribution in [-0.4, -0.2) is 69.4 Å². The van der Waals surface area contributed by atoms with Crippen molar-refractivity contribution < 1.29 is 9.90 Å². The lowest BCUT2D eigenvalue weighted by molar-refractivity contribution is 0.0471. The van der Waals surface area contributed by atoms with E-state index in [4.69, 9.17) is 0 Å². The summed E-state index contributed by atoms with van der Waals surface area (Å²) in [4.78, 5) is 17.3. The van der Waals surface area contributed by atoms with Gasteiger partial charge in [0.25, 0.3) is 5.91 Å². The van der Waals surface area contributed by atoms with Gasteiger partial charge in [-0.05, 0) is 33.1 Å². The van der Waals surface area contributed by atoms with Gasteiger partial charge in [-0.3, -0.25) is 14.4 Å². The Morgan fingerprint density at radius 1 is 1.29 bits per heavy atom. The van der Waals surface area contributed by atoms with Crippen molar-refractivity contribution >= 4 is 5.91 Å². The molecule has 2 heterocycles. The second kappa shape index (κ2) is 7.23. The van der Waals surface area contributed by atoms with Gasteiger partial charge < -0.3 is 10.0 Å². The second-order valence-corrected chi connectivity index (χ2v) is 7.33. The molecular formula is C18H30N4O2. The number of carbonyl (C=O) groups is 1. The molecule has 1 saturated carbocycles. The fourth-order valence-corrected chi connectivity index (χ4v) is 3.67. The van der Waals surface area contributed by atoms with Crippen molar-refractivity contribution in [3.05, 3.63) is 17.5 Å². The van der Waals surface area contributed by atoms with Crippen LogP contribution < -0.4 is 0 Å². The minimum atomic E-state index is 0.125. The fraction of sp³-hybridized carbons (Fsp3) is 0.778. The molecule has 0 aromatic carbocycles. The first kappa shape index (κ1) is 17.4. The lowest BCUT2D eigenvalue weighted by atomic mass is 10.1. The quantitative estimate of drug-likeness (QED) is 0.863. The number of aliphatic hydroxyl groups excluding tert-OH is 1. The summed E-state index contributed by atoms with van der Waals surface area (Å²) in [5.74, 6) is 0.634. The number of amides is 1. The fourth-order valence-electron chi connectivity index (χ4n) is 3.67. The summed E-state index contributed by atoms with van der Waals surface area (Å²) in [7, 11) is 0. The van der Waals surface area contributed by atoms with Crippen molar-refractivity contribution in [3.63, 3.8) is 0 Å². The van der Waals surface area contributed by atoms with Gasteiger partial charge in [0.05, 0.1) is 24.1 Å². The highest BCUT2D eigenvalue weighted by atomic mass is 16.3. The lowest BCUT2D eigenvalue weighted by Gasteiger charge is -2.38. The first-order valence-corrected chi connectivity index (χ1v) is 9.28. The van der Waals surface area contributed by atoms with Crippen molar-refractivity contribution in [2.45, 2.75) is 58.0 Å². The van der Waals surface area contributed by atoms with Gasteiger partial charge >= 0.3 is 0 Å². The van der Waals surface area contributed by atoms with Crippen LogP contribution in [0.25, 0.3) is 0 Å². The summed E-state index contributed by atoms with van der Waals surface area (Å²) in [6.07, 6.45) is 5.05. The van der Waals surface area contributed by atoms with Crippen LogP contribution >= 0.6 is 0 Å². The van der Waals surface area contributed by atoms with Crippen molar-refractivity contribution in [1.82, 2.24) is 19.6 Å². The maximum absolute atomic E-state index is 13.0. The second-order valence-electron chi connectivity index (χ2n) is 7.33. The van der Waals surface area contributed by atoms with Crippen LogP contribution in [-0.2, 0) is 0 Å². The van der Waals surface area contributed by atoms with E-state index in [2.05, 4.69) is 30.8 Å². The molecule has 2 fully saturated rings. The number of rotatable bonds is 6. The standard InChI is InChI=1S/C18H30N4O2/c1-4-15(12-23)20-7-9-21(10-8-20)18(24)16-11-19-22(13(2)3)17(16)14-5-6-14/h11,13-15,23H,4-10,12H2,1-3H3. The van der Waals surface area contributed by atoms with Crippen LogP contribution in [0.3, 0.4) is 0 Å². The Bertz CT molecular complexity index is 568. The number of piperazine rings is 1. The third kappa shape index (κ3) is 3.35. The van der Waals surface area contributed by atoms with Gasteiger partial charge in [-0.25, -0.2) is 0 Å². The molecule has 2 aliphatic rings. The summed E-state index contributed by atoms with van der Waals surface area (Å²) in [6, 6.07) is 0.502. The zero-order valence-corrected chi connectivity index (χ0v) is 15.1. The number of nitrogens with zero attached hydrogens (tertiary/aromatic N) is 4. The SMILES string of the molecule is CCC(CO)N1CCN(C(=O)c2cnn(C(C)C)c2C2CC2)CC1. The molecule has 6 nitrogen and oxygen atoms in total. The summed E-state index contributed by atoms with van der Waals surface area (Å²) < 4.78 is 2.03. The third-order valence-electron chi connectivity index (χ3n) is 5.32. The smallest absolute Gasteiger partial charge is 0.257 e. The number of hydrogen-bond acceptors (Lipinski definition) is 4. The van der Waals surface area contributed by atoms with Crippen molar-refractivity contribution in [3.8, 4) is 0 Å². The molecule has 3 rings (SSSR count). The highest BCUT2D eigenvalue weighted by Gasteiger charge is 2.35. The summed E-state index contributed by atoms with van der Waals surface area (Å²) in [6.45, 7) is 9.65. The van der Waals surface area contributed by atoms with E-state index in [1.54, 1.807) is 6.20 Å². The first-order valence-electron chi connectivity index (χ1n) is 9.28. The summed E-state index contributed by atoms with van der Waals surface area (Å²) >= 11 is 0. The zero-order valence-electron chi connectivity index (χ0n) is 15.1. The monoisotopic (exact) mass is 334 g/mol. The van der Waals surface area contributed by atoms with Gasteiger partial charge in [0.15, 0.2) is 0 Å². The Kier molecular flexibility index (Phi) is 5.25. The molecule has 0 spiro atoms. The molecular weight excluding hydrogens is 304 g/mol. The predicted molar refractivity (Wildman–Crippen MR) is 93.2 cm³/mol. The Labute approximate surface area is 144 Å². The van der Waals surface area contributed by atoms with Crippen LogP contribution in [0.4, 0.5) is 0 Å². The number of aromatic nitrogens is 2. The Hall–Kier alpha value is -1.40. The van der Waals surface area contributed by atoms with Crippen molar-refractivity contribution in [2.75, 3.05) is 32.8 Å². The summed E-state index contributed by atoms with van der Waals surface area (Å²) in [5.41, 5.74) is 1.94. The van der Waals surface area contributed by atoms with Gasteiger partial charge in [-0.2, -0.15) is 5.10 Å². The van der Waals surface area contributed by atoms with Crippen LogP contribution in [0.1, 0.15) is 68.0 Å². The van der Waals surface area contributed by atoms with Gasteiger partial charge in [0, 0.05) is 44.2 Å². The normalized spacial score (nSPS) is 20.6. The molecule has 1 saturated heterocycles. The van der Waals surface area contributed by atoms with Gasteiger partial charge in [-0.15, -0.1) is 0 Å². The Morgan fingerprint density at radius 3 is 2.46 bits per heavy atom. The molecule has 0 bridgehead atoms. The van der Waals surface area contributed by atoms with Crippen LogP contribution in [0.5, 0.6) is 0 Å². The number of carbonyl (C=O) groups excluding carboxylic acids is 1. The minimum absolute atomic E-state index is 0.125. The van der Waals surface area contributed by atoms with E-state index in [1.165, 1.54) is 12.8 Å².